The Bertz CT molecular complexity index is 1460. The van der Waals surface area contributed by atoms with Crippen molar-refractivity contribution in [2.24, 2.45) is 15.9 Å². The summed E-state index contributed by atoms with van der Waals surface area (Å²) in [6, 6.07) is 11.4. The molecule has 0 unspecified atom stereocenters. The Hall–Kier alpha value is -4.66. The zero-order valence-corrected chi connectivity index (χ0v) is 19.1. The molecule has 4 rings (SSSR count). The molecule has 0 radical (unpaired) electrons. The summed E-state index contributed by atoms with van der Waals surface area (Å²) in [6.45, 7) is 4.02. The average molecular weight is 473 g/mol. The highest BCUT2D eigenvalue weighted by Crippen LogP contribution is 2.34. The fourth-order valence-electron chi connectivity index (χ4n) is 3.41. The number of benzene rings is 3. The highest BCUT2D eigenvalue weighted by atomic mass is 16.3. The minimum Gasteiger partial charge on any atom is -0.508 e. The van der Waals surface area contributed by atoms with E-state index in [1.165, 1.54) is 48.8 Å². The molecule has 0 aliphatic heterocycles. The number of rotatable bonds is 6. The van der Waals surface area contributed by atoms with E-state index in [1.54, 1.807) is 12.1 Å². The summed E-state index contributed by atoms with van der Waals surface area (Å²) in [6.07, 6.45) is 3.28. The molecule has 0 fully saturated rings. The van der Waals surface area contributed by atoms with Crippen molar-refractivity contribution in [3.63, 3.8) is 0 Å². The second-order valence-corrected chi connectivity index (χ2v) is 8.42. The van der Waals surface area contributed by atoms with E-state index in [0.717, 1.165) is 0 Å². The van der Waals surface area contributed by atoms with Gasteiger partial charge >= 0.3 is 0 Å². The van der Waals surface area contributed by atoms with Crippen molar-refractivity contribution in [3.8, 4) is 28.9 Å². The number of aromatic nitrogens is 2. The lowest BCUT2D eigenvalue weighted by molar-refractivity contribution is 0.438. The highest BCUT2D eigenvalue weighted by molar-refractivity contribution is 5.93. The van der Waals surface area contributed by atoms with Gasteiger partial charge < -0.3 is 25.5 Å². The molecule has 0 aliphatic carbocycles. The van der Waals surface area contributed by atoms with Crippen molar-refractivity contribution in [3.05, 3.63) is 65.4 Å². The first-order valence-electron chi connectivity index (χ1n) is 10.9. The summed E-state index contributed by atoms with van der Waals surface area (Å²) < 4.78 is 0. The van der Waals surface area contributed by atoms with Gasteiger partial charge in [0.1, 0.15) is 28.7 Å². The summed E-state index contributed by atoms with van der Waals surface area (Å²) in [5.41, 5.74) is 2.63. The Kier molecular flexibility index (Phi) is 6.50. The van der Waals surface area contributed by atoms with Crippen LogP contribution >= 0.6 is 0 Å². The van der Waals surface area contributed by atoms with Gasteiger partial charge in [0.05, 0.1) is 22.4 Å². The van der Waals surface area contributed by atoms with Crippen LogP contribution in [0.3, 0.4) is 0 Å². The number of nitrogens with zero attached hydrogens (tertiary/aromatic N) is 4. The molecule has 1 heterocycles. The molecule has 3 aromatic carbocycles. The standard InChI is InChI=1S/C26H24N4O5/c1-14(2)7-23-26(35)30-22-11-20(28-13-16-9-18(32)4-6-25(16)34)19(10-21(22)29-23)27-12-15-8-17(31)3-5-24(15)33/h3-6,8-14,31-34H,7H2,1-2H3,(H,30,35)/b27-12+,28-13+. The summed E-state index contributed by atoms with van der Waals surface area (Å²) >= 11 is 0. The highest BCUT2D eigenvalue weighted by Gasteiger charge is 2.13. The topological polar surface area (TPSA) is 152 Å². The van der Waals surface area contributed by atoms with Gasteiger partial charge in [-0.05, 0) is 60.9 Å². The van der Waals surface area contributed by atoms with E-state index in [9.17, 15) is 25.5 Å². The van der Waals surface area contributed by atoms with Gasteiger partial charge in [0.15, 0.2) is 0 Å². The maximum absolute atomic E-state index is 10.3. The summed E-state index contributed by atoms with van der Waals surface area (Å²) in [5, 5.41) is 49.9. The lowest BCUT2D eigenvalue weighted by atomic mass is 10.1. The first-order chi connectivity index (χ1) is 16.7. The molecule has 0 saturated heterocycles. The van der Waals surface area contributed by atoms with Crippen molar-refractivity contribution < 1.29 is 25.5 Å². The van der Waals surface area contributed by atoms with E-state index in [4.69, 9.17) is 0 Å². The van der Waals surface area contributed by atoms with Crippen LogP contribution in [0, 0.1) is 5.92 Å². The number of phenols is 4. The molecule has 5 N–H and O–H groups in total. The molecule has 0 amide bonds. The van der Waals surface area contributed by atoms with Crippen LogP contribution in [0.5, 0.6) is 28.9 Å². The van der Waals surface area contributed by atoms with Gasteiger partial charge in [-0.2, -0.15) is 0 Å². The smallest absolute Gasteiger partial charge is 0.233 e. The predicted octanol–water partition coefficient (Wildman–Crippen LogP) is 4.86. The van der Waals surface area contributed by atoms with E-state index < -0.39 is 0 Å². The van der Waals surface area contributed by atoms with Crippen molar-refractivity contribution in [1.82, 2.24) is 9.97 Å². The molecule has 0 bridgehead atoms. The summed E-state index contributed by atoms with van der Waals surface area (Å²) in [7, 11) is 0. The van der Waals surface area contributed by atoms with Gasteiger partial charge in [-0.3, -0.25) is 9.98 Å². The summed E-state index contributed by atoms with van der Waals surface area (Å²) in [5.74, 6) is -0.0943. The Morgan fingerprint density at radius 3 is 1.69 bits per heavy atom. The maximum Gasteiger partial charge on any atom is 0.233 e. The van der Waals surface area contributed by atoms with Gasteiger partial charge in [0.2, 0.25) is 5.88 Å². The van der Waals surface area contributed by atoms with Crippen LogP contribution < -0.4 is 0 Å². The van der Waals surface area contributed by atoms with Gasteiger partial charge in [-0.1, -0.05) is 13.8 Å². The molecule has 178 valence electrons. The molecule has 35 heavy (non-hydrogen) atoms. The van der Waals surface area contributed by atoms with Crippen molar-refractivity contribution in [2.75, 3.05) is 0 Å². The monoisotopic (exact) mass is 472 g/mol. The second kappa shape index (κ2) is 9.68. The summed E-state index contributed by atoms with van der Waals surface area (Å²) in [4.78, 5) is 17.7. The molecule has 4 aromatic rings. The molecule has 0 aliphatic rings. The van der Waals surface area contributed by atoms with Crippen LogP contribution in [0.1, 0.15) is 30.7 Å². The van der Waals surface area contributed by atoms with Gasteiger partial charge in [0, 0.05) is 23.6 Å². The largest absolute Gasteiger partial charge is 0.508 e. The number of fused-ring (bicyclic) bond motifs is 1. The minimum absolute atomic E-state index is 0.0277. The zero-order chi connectivity index (χ0) is 25.1. The SMILES string of the molecule is CC(C)Cc1nc2cc(/N=C/c3cc(O)ccc3O)c(/N=C/c3cc(O)ccc3O)cc2nc1O. The van der Waals surface area contributed by atoms with Crippen LogP contribution in [0.4, 0.5) is 11.4 Å². The number of aromatic hydroxyl groups is 5. The van der Waals surface area contributed by atoms with Crippen LogP contribution in [0.2, 0.25) is 0 Å². The third kappa shape index (κ3) is 5.47. The van der Waals surface area contributed by atoms with E-state index in [0.29, 0.717) is 40.1 Å². The van der Waals surface area contributed by atoms with E-state index in [1.807, 2.05) is 13.8 Å². The Morgan fingerprint density at radius 2 is 1.20 bits per heavy atom. The van der Waals surface area contributed by atoms with Crippen molar-refractivity contribution >= 4 is 34.8 Å². The number of hydrogen-bond donors (Lipinski definition) is 5. The Morgan fingerprint density at radius 1 is 0.714 bits per heavy atom. The lowest BCUT2D eigenvalue weighted by Gasteiger charge is -2.09. The molecular weight excluding hydrogens is 448 g/mol. The van der Waals surface area contributed by atoms with E-state index in [2.05, 4.69) is 20.0 Å². The molecule has 9 nitrogen and oxygen atoms in total. The second-order valence-electron chi connectivity index (χ2n) is 8.42. The van der Waals surface area contributed by atoms with E-state index in [-0.39, 0.29) is 40.4 Å². The molecule has 0 saturated carbocycles. The van der Waals surface area contributed by atoms with Crippen LogP contribution in [0.15, 0.2) is 58.5 Å². The predicted molar refractivity (Wildman–Crippen MR) is 134 cm³/mol. The molecular formula is C26H24N4O5. The Labute approximate surface area is 201 Å². The van der Waals surface area contributed by atoms with Gasteiger partial charge in [-0.25, -0.2) is 9.97 Å². The average Bonchev–Trinajstić information content (AvgIpc) is 2.80. The molecule has 9 heteroatoms. The molecule has 0 atom stereocenters. The van der Waals surface area contributed by atoms with Gasteiger partial charge in [0.25, 0.3) is 0 Å². The maximum atomic E-state index is 10.3. The zero-order valence-electron chi connectivity index (χ0n) is 19.1. The first kappa shape index (κ1) is 23.5. The van der Waals surface area contributed by atoms with Crippen LogP contribution in [-0.2, 0) is 6.42 Å². The van der Waals surface area contributed by atoms with E-state index >= 15 is 0 Å². The van der Waals surface area contributed by atoms with Gasteiger partial charge in [-0.15, -0.1) is 0 Å². The fraction of sp³-hybridized carbons (Fsp3) is 0.154. The van der Waals surface area contributed by atoms with Crippen LogP contribution in [0.25, 0.3) is 11.0 Å². The first-order valence-corrected chi connectivity index (χ1v) is 10.9. The quantitative estimate of drug-likeness (QED) is 0.198. The van der Waals surface area contributed by atoms with Crippen molar-refractivity contribution in [2.45, 2.75) is 20.3 Å². The van der Waals surface area contributed by atoms with Crippen LogP contribution in [-0.4, -0.2) is 47.9 Å². The normalized spacial score (nSPS) is 11.9. The third-order valence-electron chi connectivity index (χ3n) is 5.12. The fourth-order valence-corrected chi connectivity index (χ4v) is 3.41. The number of hydrogen-bond acceptors (Lipinski definition) is 9. The Balaban J connectivity index is 1.84. The number of aliphatic imine (C=N–C) groups is 2. The number of phenolic OH excluding ortho intramolecular Hbond substituents is 4. The lowest BCUT2D eigenvalue weighted by Crippen LogP contribution is -2.00. The molecule has 0 spiro atoms. The minimum atomic E-state index is -0.160. The third-order valence-corrected chi connectivity index (χ3v) is 5.12. The van der Waals surface area contributed by atoms with Crippen molar-refractivity contribution in [1.29, 1.82) is 0 Å². The molecule has 1 aromatic heterocycles.